The van der Waals surface area contributed by atoms with Crippen LogP contribution in [-0.2, 0) is 9.47 Å². The third kappa shape index (κ3) is 1.18. The molecule has 0 spiro atoms. The van der Waals surface area contributed by atoms with E-state index < -0.39 is 6.29 Å². The third-order valence-corrected chi connectivity index (χ3v) is 1.07. The molecule has 0 aromatic rings. The lowest BCUT2D eigenvalue weighted by Crippen LogP contribution is -2.09. The molecule has 2 atom stereocenters. The number of aliphatic hydroxyl groups is 1. The average Bonchev–Trinajstić information content (AvgIpc) is 2.14. The lowest BCUT2D eigenvalue weighted by Gasteiger charge is -2.02. The van der Waals surface area contributed by atoms with E-state index in [1.54, 1.807) is 0 Å². The summed E-state index contributed by atoms with van der Waals surface area (Å²) in [7, 11) is 0. The molecule has 2 unspecified atom stereocenters. The van der Waals surface area contributed by atoms with E-state index in [4.69, 9.17) is 14.6 Å². The van der Waals surface area contributed by atoms with Gasteiger partial charge in [-0.05, 0) is 6.42 Å². The molecule has 0 radical (unpaired) electrons. The van der Waals surface area contributed by atoms with Crippen LogP contribution in [0.3, 0.4) is 0 Å². The van der Waals surface area contributed by atoms with Crippen molar-refractivity contribution in [2.24, 2.45) is 0 Å². The Hall–Kier alpha value is -0.120. The van der Waals surface area contributed by atoms with Crippen LogP contribution < -0.4 is 0 Å². The minimum Gasteiger partial charge on any atom is -0.366 e. The topological polar surface area (TPSA) is 38.7 Å². The summed E-state index contributed by atoms with van der Waals surface area (Å²) < 4.78 is 9.79. The highest BCUT2D eigenvalue weighted by molar-refractivity contribution is 4.51. The van der Waals surface area contributed by atoms with Crippen LogP contribution in [0, 0.1) is 0 Å². The van der Waals surface area contributed by atoms with Crippen molar-refractivity contribution >= 4 is 0 Å². The molecular formula is C5H10O3. The minimum atomic E-state index is -0.694. The van der Waals surface area contributed by atoms with E-state index in [9.17, 15) is 0 Å². The molecule has 3 heteroatoms. The fraction of sp³-hybridized carbons (Fsp3) is 1.00. The van der Waals surface area contributed by atoms with Crippen LogP contribution in [0.5, 0.6) is 0 Å². The molecule has 1 aliphatic heterocycles. The van der Waals surface area contributed by atoms with E-state index in [1.165, 1.54) is 0 Å². The molecule has 0 amide bonds. The minimum absolute atomic E-state index is 0.176. The van der Waals surface area contributed by atoms with Crippen LogP contribution in [0.15, 0.2) is 0 Å². The highest BCUT2D eigenvalue weighted by Crippen LogP contribution is 2.10. The monoisotopic (exact) mass is 118 g/mol. The third-order valence-electron chi connectivity index (χ3n) is 1.07. The Morgan fingerprint density at radius 3 is 2.75 bits per heavy atom. The van der Waals surface area contributed by atoms with E-state index in [1.807, 2.05) is 6.92 Å². The molecule has 1 aliphatic rings. The predicted molar refractivity (Wildman–Crippen MR) is 27.1 cm³/mol. The van der Waals surface area contributed by atoms with Crippen LogP contribution in [0.1, 0.15) is 13.3 Å². The molecule has 1 saturated heterocycles. The summed E-state index contributed by atoms with van der Waals surface area (Å²) in [6, 6.07) is 0. The first-order chi connectivity index (χ1) is 3.83. The lowest BCUT2D eigenvalue weighted by molar-refractivity contribution is -0.114. The molecule has 1 heterocycles. The van der Waals surface area contributed by atoms with Gasteiger partial charge in [-0.3, -0.25) is 0 Å². The van der Waals surface area contributed by atoms with Gasteiger partial charge in [-0.1, -0.05) is 6.92 Å². The zero-order valence-electron chi connectivity index (χ0n) is 4.83. The van der Waals surface area contributed by atoms with Gasteiger partial charge in [-0.25, -0.2) is 0 Å². The lowest BCUT2D eigenvalue weighted by atomic mass is 10.5. The van der Waals surface area contributed by atoms with Crippen LogP contribution in [0.25, 0.3) is 0 Å². The molecule has 1 fully saturated rings. The van der Waals surface area contributed by atoms with E-state index in [-0.39, 0.29) is 6.29 Å². The molecule has 1 N–H and O–H groups in total. The van der Waals surface area contributed by atoms with Crippen molar-refractivity contribution in [3.05, 3.63) is 0 Å². The molecule has 48 valence electrons. The Morgan fingerprint density at radius 2 is 2.50 bits per heavy atom. The molecule has 0 aliphatic carbocycles. The normalized spacial score (nSPS) is 38.2. The van der Waals surface area contributed by atoms with E-state index in [0.29, 0.717) is 6.61 Å². The summed E-state index contributed by atoms with van der Waals surface area (Å²) in [4.78, 5) is 0. The Labute approximate surface area is 48.2 Å². The molecule has 0 saturated carbocycles. The first-order valence-electron chi connectivity index (χ1n) is 2.78. The first kappa shape index (κ1) is 6.01. The van der Waals surface area contributed by atoms with Gasteiger partial charge in [-0.2, -0.15) is 0 Å². The standard InChI is InChI=1S/C5H10O3/c1-2-5-7-3-4(6)8-5/h4-6H,2-3H2,1H3. The van der Waals surface area contributed by atoms with Crippen molar-refractivity contribution in [3.63, 3.8) is 0 Å². The highest BCUT2D eigenvalue weighted by Gasteiger charge is 2.21. The van der Waals surface area contributed by atoms with Gasteiger partial charge in [0.05, 0.1) is 0 Å². The maximum absolute atomic E-state index is 8.68. The summed E-state index contributed by atoms with van der Waals surface area (Å²) in [5.41, 5.74) is 0. The molecule has 8 heavy (non-hydrogen) atoms. The fourth-order valence-electron chi connectivity index (χ4n) is 0.657. The van der Waals surface area contributed by atoms with Crippen molar-refractivity contribution in [2.45, 2.75) is 25.9 Å². The molecule has 1 rings (SSSR count). The summed E-state index contributed by atoms with van der Waals surface area (Å²) in [5.74, 6) is 0. The maximum Gasteiger partial charge on any atom is 0.181 e. The summed E-state index contributed by atoms with van der Waals surface area (Å²) in [6.07, 6.45) is -0.0678. The average molecular weight is 118 g/mol. The van der Waals surface area contributed by atoms with Crippen molar-refractivity contribution in [2.75, 3.05) is 6.61 Å². The van der Waals surface area contributed by atoms with Gasteiger partial charge in [0.2, 0.25) is 0 Å². The molecule has 0 aromatic heterocycles. The zero-order valence-corrected chi connectivity index (χ0v) is 4.83. The van der Waals surface area contributed by atoms with Crippen LogP contribution in [-0.4, -0.2) is 24.3 Å². The van der Waals surface area contributed by atoms with Crippen LogP contribution >= 0.6 is 0 Å². The molecule has 3 nitrogen and oxygen atoms in total. The van der Waals surface area contributed by atoms with Gasteiger partial charge >= 0.3 is 0 Å². The predicted octanol–water partition coefficient (Wildman–Crippen LogP) is 0.0877. The number of hydrogen-bond donors (Lipinski definition) is 1. The van der Waals surface area contributed by atoms with Crippen molar-refractivity contribution in [1.82, 2.24) is 0 Å². The Balaban J connectivity index is 2.22. The summed E-state index contributed by atoms with van der Waals surface area (Å²) in [5, 5.41) is 8.68. The smallest absolute Gasteiger partial charge is 0.181 e. The number of ether oxygens (including phenoxy) is 2. The number of aliphatic hydroxyl groups excluding tert-OH is 1. The zero-order chi connectivity index (χ0) is 5.98. The van der Waals surface area contributed by atoms with E-state index >= 15 is 0 Å². The van der Waals surface area contributed by atoms with Gasteiger partial charge in [0.25, 0.3) is 0 Å². The second-order valence-electron chi connectivity index (χ2n) is 1.76. The largest absolute Gasteiger partial charge is 0.366 e. The number of rotatable bonds is 1. The van der Waals surface area contributed by atoms with Gasteiger partial charge in [-0.15, -0.1) is 0 Å². The van der Waals surface area contributed by atoms with Crippen molar-refractivity contribution in [3.8, 4) is 0 Å². The maximum atomic E-state index is 8.68. The first-order valence-corrected chi connectivity index (χ1v) is 2.78. The molecule has 0 bridgehead atoms. The number of hydrogen-bond acceptors (Lipinski definition) is 3. The van der Waals surface area contributed by atoms with Crippen molar-refractivity contribution in [1.29, 1.82) is 0 Å². The van der Waals surface area contributed by atoms with Gasteiger partial charge in [0, 0.05) is 0 Å². The summed E-state index contributed by atoms with van der Waals surface area (Å²) in [6.45, 7) is 2.27. The van der Waals surface area contributed by atoms with Gasteiger partial charge in [0.15, 0.2) is 12.6 Å². The van der Waals surface area contributed by atoms with E-state index in [0.717, 1.165) is 6.42 Å². The SMILES string of the molecule is CCC1OCC(O)O1. The second-order valence-corrected chi connectivity index (χ2v) is 1.76. The summed E-state index contributed by atoms with van der Waals surface area (Å²) >= 11 is 0. The molecular weight excluding hydrogens is 108 g/mol. The van der Waals surface area contributed by atoms with Gasteiger partial charge in [0.1, 0.15) is 6.61 Å². The highest BCUT2D eigenvalue weighted by atomic mass is 16.8. The Kier molecular flexibility index (Phi) is 1.83. The quantitative estimate of drug-likeness (QED) is 0.530. The Morgan fingerprint density at radius 1 is 1.75 bits per heavy atom. The van der Waals surface area contributed by atoms with Crippen LogP contribution in [0.2, 0.25) is 0 Å². The van der Waals surface area contributed by atoms with E-state index in [2.05, 4.69) is 0 Å². The van der Waals surface area contributed by atoms with Gasteiger partial charge < -0.3 is 14.6 Å². The fourth-order valence-corrected chi connectivity index (χ4v) is 0.657. The second kappa shape index (κ2) is 2.44. The Bertz CT molecular complexity index is 74.1. The molecule has 0 aromatic carbocycles. The van der Waals surface area contributed by atoms with Crippen LogP contribution in [0.4, 0.5) is 0 Å². The van der Waals surface area contributed by atoms with Crippen molar-refractivity contribution < 1.29 is 14.6 Å².